The molecule has 17 heavy (non-hydrogen) atoms. The van der Waals surface area contributed by atoms with Crippen molar-refractivity contribution >= 4 is 15.9 Å². The first-order valence-electron chi connectivity index (χ1n) is 6.24. The van der Waals surface area contributed by atoms with E-state index in [1.807, 2.05) is 6.07 Å². The quantitative estimate of drug-likeness (QED) is 0.778. The van der Waals surface area contributed by atoms with Crippen molar-refractivity contribution in [3.63, 3.8) is 0 Å². The zero-order valence-electron chi connectivity index (χ0n) is 10.7. The average molecular weight is 300 g/mol. The van der Waals surface area contributed by atoms with Gasteiger partial charge in [0.15, 0.2) is 0 Å². The van der Waals surface area contributed by atoms with Gasteiger partial charge in [-0.1, -0.05) is 19.9 Å². The van der Waals surface area contributed by atoms with Gasteiger partial charge in [-0.2, -0.15) is 0 Å². The van der Waals surface area contributed by atoms with Crippen molar-refractivity contribution in [2.24, 2.45) is 11.7 Å². The smallest absolute Gasteiger partial charge is 0.133 e. The minimum absolute atomic E-state index is 0.682. The molecule has 2 nitrogen and oxygen atoms in total. The van der Waals surface area contributed by atoms with E-state index in [1.54, 1.807) is 0 Å². The molecule has 0 bridgehead atoms. The Morgan fingerprint density at radius 1 is 1.35 bits per heavy atom. The Morgan fingerprint density at radius 3 is 2.71 bits per heavy atom. The molecule has 1 aromatic carbocycles. The molecule has 0 radical (unpaired) electrons. The Morgan fingerprint density at radius 2 is 2.12 bits per heavy atom. The summed E-state index contributed by atoms with van der Waals surface area (Å²) in [6.07, 6.45) is 3.23. The molecule has 0 aliphatic carbocycles. The first-order chi connectivity index (χ1) is 8.13. The van der Waals surface area contributed by atoms with E-state index < -0.39 is 0 Å². The summed E-state index contributed by atoms with van der Waals surface area (Å²) in [5.41, 5.74) is 6.77. The standard InChI is InChI=1S/C14H22BrNO/c1-11(2)4-3-9-17-14-6-5-12(7-8-16)10-13(14)15/h5-6,10-11H,3-4,7-9,16H2,1-2H3. The molecular weight excluding hydrogens is 278 g/mol. The maximum atomic E-state index is 5.74. The second kappa shape index (κ2) is 7.72. The molecule has 1 aromatic rings. The van der Waals surface area contributed by atoms with Crippen molar-refractivity contribution in [2.75, 3.05) is 13.2 Å². The number of halogens is 1. The van der Waals surface area contributed by atoms with E-state index in [9.17, 15) is 0 Å². The molecule has 0 aliphatic rings. The van der Waals surface area contributed by atoms with Crippen molar-refractivity contribution in [1.82, 2.24) is 0 Å². The zero-order valence-corrected chi connectivity index (χ0v) is 12.3. The van der Waals surface area contributed by atoms with E-state index in [0.717, 1.165) is 35.6 Å². The van der Waals surface area contributed by atoms with Gasteiger partial charge in [0.25, 0.3) is 0 Å². The number of hydrogen-bond acceptors (Lipinski definition) is 2. The molecule has 2 N–H and O–H groups in total. The van der Waals surface area contributed by atoms with Crippen LogP contribution in [0.1, 0.15) is 32.3 Å². The first-order valence-corrected chi connectivity index (χ1v) is 7.04. The highest BCUT2D eigenvalue weighted by atomic mass is 79.9. The molecule has 0 heterocycles. The fourth-order valence-electron chi connectivity index (χ4n) is 1.66. The van der Waals surface area contributed by atoms with E-state index in [1.165, 1.54) is 12.0 Å². The van der Waals surface area contributed by atoms with Gasteiger partial charge in [-0.25, -0.2) is 0 Å². The summed E-state index contributed by atoms with van der Waals surface area (Å²) in [4.78, 5) is 0. The van der Waals surface area contributed by atoms with Gasteiger partial charge in [0.1, 0.15) is 5.75 Å². The van der Waals surface area contributed by atoms with Crippen molar-refractivity contribution in [3.8, 4) is 5.75 Å². The summed E-state index contributed by atoms with van der Waals surface area (Å²) in [6, 6.07) is 6.19. The molecule has 0 saturated carbocycles. The van der Waals surface area contributed by atoms with E-state index >= 15 is 0 Å². The molecule has 3 heteroatoms. The fourth-order valence-corrected chi connectivity index (χ4v) is 2.20. The van der Waals surface area contributed by atoms with Crippen LogP contribution >= 0.6 is 15.9 Å². The van der Waals surface area contributed by atoms with Gasteiger partial charge in [0.05, 0.1) is 11.1 Å². The van der Waals surface area contributed by atoms with Crippen LogP contribution in [0.4, 0.5) is 0 Å². The molecular formula is C14H22BrNO. The summed E-state index contributed by atoms with van der Waals surface area (Å²) >= 11 is 3.53. The third kappa shape index (κ3) is 5.55. The molecule has 0 saturated heterocycles. The molecule has 0 fully saturated rings. The lowest BCUT2D eigenvalue weighted by molar-refractivity contribution is 0.296. The first kappa shape index (κ1) is 14.5. The second-order valence-corrected chi connectivity index (χ2v) is 5.54. The van der Waals surface area contributed by atoms with Crippen LogP contribution in [-0.2, 0) is 6.42 Å². The number of nitrogens with two attached hydrogens (primary N) is 1. The predicted molar refractivity (Wildman–Crippen MR) is 76.5 cm³/mol. The van der Waals surface area contributed by atoms with E-state index in [2.05, 4.69) is 41.9 Å². The summed E-state index contributed by atoms with van der Waals surface area (Å²) in [5.74, 6) is 1.67. The normalized spacial score (nSPS) is 10.9. The minimum Gasteiger partial charge on any atom is -0.492 e. The number of hydrogen-bond donors (Lipinski definition) is 1. The molecule has 0 aromatic heterocycles. The highest BCUT2D eigenvalue weighted by molar-refractivity contribution is 9.10. The van der Waals surface area contributed by atoms with Gasteiger partial charge in [0.2, 0.25) is 0 Å². The van der Waals surface area contributed by atoms with Crippen molar-refractivity contribution < 1.29 is 4.74 Å². The van der Waals surface area contributed by atoms with Crippen LogP contribution in [0.5, 0.6) is 5.75 Å². The van der Waals surface area contributed by atoms with Crippen molar-refractivity contribution in [3.05, 3.63) is 28.2 Å². The minimum atomic E-state index is 0.682. The Kier molecular flexibility index (Phi) is 6.60. The molecule has 0 aliphatic heterocycles. The van der Waals surface area contributed by atoms with Crippen LogP contribution in [0.3, 0.4) is 0 Å². The molecule has 0 amide bonds. The SMILES string of the molecule is CC(C)CCCOc1ccc(CCN)cc1Br. The maximum Gasteiger partial charge on any atom is 0.133 e. The molecule has 0 spiro atoms. The molecule has 0 unspecified atom stereocenters. The maximum absolute atomic E-state index is 5.74. The van der Waals surface area contributed by atoms with Crippen molar-refractivity contribution in [2.45, 2.75) is 33.1 Å². The van der Waals surface area contributed by atoms with Crippen LogP contribution in [-0.4, -0.2) is 13.2 Å². The topological polar surface area (TPSA) is 35.2 Å². The number of ether oxygens (including phenoxy) is 1. The number of rotatable bonds is 7. The van der Waals surface area contributed by atoms with Gasteiger partial charge in [-0.3, -0.25) is 0 Å². The van der Waals surface area contributed by atoms with Crippen LogP contribution in [0.15, 0.2) is 22.7 Å². The van der Waals surface area contributed by atoms with Crippen LogP contribution in [0.25, 0.3) is 0 Å². The van der Waals surface area contributed by atoms with E-state index in [4.69, 9.17) is 10.5 Å². The third-order valence-electron chi connectivity index (χ3n) is 2.61. The van der Waals surface area contributed by atoms with Crippen LogP contribution < -0.4 is 10.5 Å². The monoisotopic (exact) mass is 299 g/mol. The highest BCUT2D eigenvalue weighted by Gasteiger charge is 2.03. The summed E-state index contributed by atoms with van der Waals surface area (Å²) in [6.45, 7) is 5.93. The fraction of sp³-hybridized carbons (Fsp3) is 0.571. The zero-order chi connectivity index (χ0) is 12.7. The lowest BCUT2D eigenvalue weighted by Crippen LogP contribution is -2.03. The Labute approximate surface area is 113 Å². The summed E-state index contributed by atoms with van der Waals surface area (Å²) in [5, 5.41) is 0. The van der Waals surface area contributed by atoms with E-state index in [0.29, 0.717) is 6.54 Å². The van der Waals surface area contributed by atoms with Crippen LogP contribution in [0.2, 0.25) is 0 Å². The Hall–Kier alpha value is -0.540. The average Bonchev–Trinajstić information content (AvgIpc) is 2.27. The highest BCUT2D eigenvalue weighted by Crippen LogP contribution is 2.26. The molecule has 96 valence electrons. The summed E-state index contributed by atoms with van der Waals surface area (Å²) in [7, 11) is 0. The van der Waals surface area contributed by atoms with Gasteiger partial charge in [0, 0.05) is 0 Å². The van der Waals surface area contributed by atoms with Crippen molar-refractivity contribution in [1.29, 1.82) is 0 Å². The Balaban J connectivity index is 2.43. The predicted octanol–water partition coefficient (Wildman–Crippen LogP) is 3.77. The number of benzene rings is 1. The lowest BCUT2D eigenvalue weighted by Gasteiger charge is -2.10. The largest absolute Gasteiger partial charge is 0.492 e. The van der Waals surface area contributed by atoms with Gasteiger partial charge in [-0.05, 0) is 65.4 Å². The van der Waals surface area contributed by atoms with Gasteiger partial charge in [-0.15, -0.1) is 0 Å². The third-order valence-corrected chi connectivity index (χ3v) is 3.23. The second-order valence-electron chi connectivity index (χ2n) is 4.69. The van der Waals surface area contributed by atoms with Gasteiger partial charge < -0.3 is 10.5 Å². The molecule has 1 rings (SSSR count). The Bertz CT molecular complexity index is 339. The lowest BCUT2D eigenvalue weighted by atomic mass is 10.1. The molecule has 0 atom stereocenters. The van der Waals surface area contributed by atoms with Gasteiger partial charge >= 0.3 is 0 Å². The summed E-state index contributed by atoms with van der Waals surface area (Å²) < 4.78 is 6.76. The van der Waals surface area contributed by atoms with Crippen LogP contribution in [0, 0.1) is 5.92 Å². The van der Waals surface area contributed by atoms with E-state index in [-0.39, 0.29) is 0 Å².